The summed E-state index contributed by atoms with van der Waals surface area (Å²) in [4.78, 5) is 11.0. The summed E-state index contributed by atoms with van der Waals surface area (Å²) in [6, 6.07) is 2.96. The SMILES string of the molecule is c1cnc(OC2CCN([C@@H]3CCOC4(CCOCC4)C3)CC2)nc1. The maximum absolute atomic E-state index is 6.18. The number of likely N-dealkylation sites (tertiary alicyclic amines) is 1. The van der Waals surface area contributed by atoms with Crippen molar-refractivity contribution in [2.24, 2.45) is 0 Å². The van der Waals surface area contributed by atoms with Gasteiger partial charge in [0.2, 0.25) is 0 Å². The number of hydrogen-bond donors (Lipinski definition) is 0. The first-order valence-corrected chi connectivity index (χ1v) is 9.22. The molecule has 3 aliphatic rings. The molecule has 6 nitrogen and oxygen atoms in total. The van der Waals surface area contributed by atoms with Crippen molar-refractivity contribution < 1.29 is 14.2 Å². The third-order valence-electron chi connectivity index (χ3n) is 5.68. The second-order valence-corrected chi connectivity index (χ2v) is 7.18. The van der Waals surface area contributed by atoms with Crippen LogP contribution in [0.15, 0.2) is 18.5 Å². The summed E-state index contributed by atoms with van der Waals surface area (Å²) in [5, 5.41) is 0. The van der Waals surface area contributed by atoms with E-state index in [1.807, 2.05) is 6.07 Å². The van der Waals surface area contributed by atoms with Crippen LogP contribution >= 0.6 is 0 Å². The van der Waals surface area contributed by atoms with Crippen molar-refractivity contribution in [3.63, 3.8) is 0 Å². The Morgan fingerprint density at radius 2 is 1.79 bits per heavy atom. The molecule has 6 heteroatoms. The van der Waals surface area contributed by atoms with Crippen LogP contribution in [0.4, 0.5) is 0 Å². The van der Waals surface area contributed by atoms with Gasteiger partial charge in [-0.15, -0.1) is 0 Å². The molecule has 4 rings (SSSR count). The molecule has 0 bridgehead atoms. The lowest BCUT2D eigenvalue weighted by Gasteiger charge is -2.47. The second-order valence-electron chi connectivity index (χ2n) is 7.18. The van der Waals surface area contributed by atoms with Gasteiger partial charge in [0, 0.05) is 51.3 Å². The first-order chi connectivity index (χ1) is 11.8. The molecular weight excluding hydrogens is 306 g/mol. The number of nitrogens with zero attached hydrogens (tertiary/aromatic N) is 3. The average Bonchev–Trinajstić information content (AvgIpc) is 2.64. The molecule has 132 valence electrons. The van der Waals surface area contributed by atoms with Gasteiger partial charge in [0.1, 0.15) is 6.10 Å². The fraction of sp³-hybridized carbons (Fsp3) is 0.778. The molecule has 0 N–H and O–H groups in total. The molecule has 1 aromatic rings. The molecule has 1 aromatic heterocycles. The van der Waals surface area contributed by atoms with E-state index in [1.54, 1.807) is 12.4 Å². The van der Waals surface area contributed by atoms with Gasteiger partial charge in [0.05, 0.1) is 5.60 Å². The van der Waals surface area contributed by atoms with Crippen molar-refractivity contribution >= 4 is 0 Å². The molecule has 1 spiro atoms. The van der Waals surface area contributed by atoms with E-state index < -0.39 is 0 Å². The predicted octanol–water partition coefficient (Wildman–Crippen LogP) is 2.05. The number of aromatic nitrogens is 2. The molecule has 0 unspecified atom stereocenters. The average molecular weight is 333 g/mol. The molecule has 0 radical (unpaired) electrons. The van der Waals surface area contributed by atoms with E-state index in [0.29, 0.717) is 12.1 Å². The molecule has 4 heterocycles. The second kappa shape index (κ2) is 7.33. The highest BCUT2D eigenvalue weighted by Crippen LogP contribution is 2.36. The number of hydrogen-bond acceptors (Lipinski definition) is 6. The van der Waals surface area contributed by atoms with Crippen molar-refractivity contribution in [2.45, 2.75) is 56.3 Å². The van der Waals surface area contributed by atoms with Gasteiger partial charge in [-0.25, -0.2) is 9.97 Å². The Bertz CT molecular complexity index is 508. The van der Waals surface area contributed by atoms with Crippen LogP contribution in [0.1, 0.15) is 38.5 Å². The van der Waals surface area contributed by atoms with Gasteiger partial charge < -0.3 is 14.2 Å². The van der Waals surface area contributed by atoms with Crippen LogP contribution in [0, 0.1) is 0 Å². The van der Waals surface area contributed by atoms with Gasteiger partial charge in [-0.2, -0.15) is 0 Å². The van der Waals surface area contributed by atoms with Crippen molar-refractivity contribution in [1.29, 1.82) is 0 Å². The predicted molar refractivity (Wildman–Crippen MR) is 89.0 cm³/mol. The third-order valence-corrected chi connectivity index (χ3v) is 5.68. The van der Waals surface area contributed by atoms with E-state index in [9.17, 15) is 0 Å². The van der Waals surface area contributed by atoms with Crippen molar-refractivity contribution in [1.82, 2.24) is 14.9 Å². The van der Waals surface area contributed by atoms with Crippen LogP contribution in [-0.2, 0) is 9.47 Å². The summed E-state index contributed by atoms with van der Waals surface area (Å²) < 4.78 is 17.6. The zero-order valence-electron chi connectivity index (χ0n) is 14.2. The lowest BCUT2D eigenvalue weighted by atomic mass is 9.83. The Hall–Kier alpha value is -1.24. The Kier molecular flexibility index (Phi) is 4.96. The third kappa shape index (κ3) is 3.71. The van der Waals surface area contributed by atoms with E-state index >= 15 is 0 Å². The van der Waals surface area contributed by atoms with Crippen molar-refractivity contribution in [2.75, 3.05) is 32.9 Å². The van der Waals surface area contributed by atoms with E-state index in [0.717, 1.165) is 71.4 Å². The van der Waals surface area contributed by atoms with Crippen molar-refractivity contribution in [3.05, 3.63) is 18.5 Å². The molecule has 0 saturated carbocycles. The summed E-state index contributed by atoms with van der Waals surface area (Å²) in [6.07, 6.45) is 10.2. The Balaban J connectivity index is 1.29. The lowest BCUT2D eigenvalue weighted by Crippen LogP contribution is -2.53. The Morgan fingerprint density at radius 3 is 2.54 bits per heavy atom. The topological polar surface area (TPSA) is 56.7 Å². The summed E-state index contributed by atoms with van der Waals surface area (Å²) in [5.41, 5.74) is 0.0758. The van der Waals surface area contributed by atoms with E-state index in [-0.39, 0.29) is 11.7 Å². The molecule has 24 heavy (non-hydrogen) atoms. The van der Waals surface area contributed by atoms with E-state index in [1.165, 1.54) is 0 Å². The van der Waals surface area contributed by atoms with Crippen molar-refractivity contribution in [3.8, 4) is 6.01 Å². The van der Waals surface area contributed by atoms with Crippen LogP contribution in [-0.4, -0.2) is 65.5 Å². The highest BCUT2D eigenvalue weighted by atomic mass is 16.5. The maximum atomic E-state index is 6.18. The van der Waals surface area contributed by atoms with Crippen LogP contribution in [0.3, 0.4) is 0 Å². The highest BCUT2D eigenvalue weighted by molar-refractivity contribution is 4.96. The first-order valence-electron chi connectivity index (χ1n) is 9.22. The zero-order chi connectivity index (χ0) is 16.2. The lowest BCUT2D eigenvalue weighted by molar-refractivity contribution is -0.153. The molecule has 1 atom stereocenters. The minimum atomic E-state index is 0.0758. The van der Waals surface area contributed by atoms with Gasteiger partial charge >= 0.3 is 6.01 Å². The molecule has 3 fully saturated rings. The van der Waals surface area contributed by atoms with E-state index in [2.05, 4.69) is 14.9 Å². The first kappa shape index (κ1) is 16.2. The molecule has 3 aliphatic heterocycles. The number of piperidine rings is 1. The highest BCUT2D eigenvalue weighted by Gasteiger charge is 2.41. The Labute approximate surface area is 143 Å². The van der Waals surface area contributed by atoms with Crippen LogP contribution in [0.2, 0.25) is 0 Å². The smallest absolute Gasteiger partial charge is 0.316 e. The minimum absolute atomic E-state index is 0.0758. The number of ether oxygens (including phenoxy) is 3. The van der Waals surface area contributed by atoms with Gasteiger partial charge in [-0.05, 0) is 44.6 Å². The molecule has 3 saturated heterocycles. The number of rotatable bonds is 3. The Morgan fingerprint density at radius 1 is 1.04 bits per heavy atom. The largest absolute Gasteiger partial charge is 0.460 e. The normalized spacial score (nSPS) is 28.8. The minimum Gasteiger partial charge on any atom is -0.460 e. The van der Waals surface area contributed by atoms with Crippen LogP contribution in [0.5, 0.6) is 6.01 Å². The van der Waals surface area contributed by atoms with Gasteiger partial charge in [0.15, 0.2) is 0 Å². The molecule has 0 amide bonds. The fourth-order valence-electron chi connectivity index (χ4n) is 4.26. The molecule has 0 aromatic carbocycles. The molecular formula is C18H27N3O3. The van der Waals surface area contributed by atoms with Gasteiger partial charge in [-0.3, -0.25) is 4.90 Å². The fourth-order valence-corrected chi connectivity index (χ4v) is 4.26. The molecule has 0 aliphatic carbocycles. The zero-order valence-corrected chi connectivity index (χ0v) is 14.2. The van der Waals surface area contributed by atoms with E-state index in [4.69, 9.17) is 14.2 Å². The maximum Gasteiger partial charge on any atom is 0.316 e. The van der Waals surface area contributed by atoms with Crippen LogP contribution in [0.25, 0.3) is 0 Å². The summed E-state index contributed by atoms with van der Waals surface area (Å²) in [5.74, 6) is 0. The monoisotopic (exact) mass is 333 g/mol. The standard InChI is InChI=1S/C18H27N3O3/c1-7-19-17(20-8-1)24-16-2-9-21(10-3-16)15-4-11-23-18(14-15)5-12-22-13-6-18/h1,7-8,15-16H,2-6,9-14H2/t15-/m1/s1. The summed E-state index contributed by atoms with van der Waals surface area (Å²) in [7, 11) is 0. The summed E-state index contributed by atoms with van der Waals surface area (Å²) in [6.45, 7) is 4.77. The van der Waals surface area contributed by atoms with Gasteiger partial charge in [-0.1, -0.05) is 0 Å². The van der Waals surface area contributed by atoms with Gasteiger partial charge in [0.25, 0.3) is 0 Å². The summed E-state index contributed by atoms with van der Waals surface area (Å²) >= 11 is 0. The quantitative estimate of drug-likeness (QED) is 0.844. The van der Waals surface area contributed by atoms with Crippen LogP contribution < -0.4 is 4.74 Å².